The van der Waals surface area contributed by atoms with Gasteiger partial charge in [0.15, 0.2) is 15.2 Å². The summed E-state index contributed by atoms with van der Waals surface area (Å²) < 4.78 is 25.1. The van der Waals surface area contributed by atoms with Crippen LogP contribution in [-0.2, 0) is 24.2 Å². The molecular formula is C16H12N2O6S. The second-order valence-corrected chi connectivity index (χ2v) is 7.42. The van der Waals surface area contributed by atoms with Gasteiger partial charge in [0, 0.05) is 6.20 Å². The average Bonchev–Trinajstić information content (AvgIpc) is 2.57. The predicted molar refractivity (Wildman–Crippen MR) is 86.5 cm³/mol. The molecular weight excluding hydrogens is 348 g/mol. The molecule has 0 spiro atoms. The van der Waals surface area contributed by atoms with Crippen molar-refractivity contribution in [3.63, 3.8) is 0 Å². The van der Waals surface area contributed by atoms with Gasteiger partial charge in [0.25, 0.3) is 5.91 Å². The van der Waals surface area contributed by atoms with Gasteiger partial charge in [-0.1, -0.05) is 12.1 Å². The zero-order chi connectivity index (χ0) is 18.2. The number of carboxylic acids is 1. The first-order valence-electron chi connectivity index (χ1n) is 7.13. The predicted octanol–water partition coefficient (Wildman–Crippen LogP) is 0.156. The molecule has 2 aliphatic rings. The highest BCUT2D eigenvalue weighted by atomic mass is 32.2. The smallest absolute Gasteiger partial charge is 0.352 e. The number of hydrogen-bond acceptors (Lipinski definition) is 6. The molecule has 0 radical (unpaired) electrons. The number of hydrogen-bond donors (Lipinski definition) is 1. The second-order valence-electron chi connectivity index (χ2n) is 5.36. The summed E-state index contributed by atoms with van der Waals surface area (Å²) in [6.45, 7) is 0. The third-order valence-corrected chi connectivity index (χ3v) is 5.64. The zero-order valence-electron chi connectivity index (χ0n) is 12.7. The maximum Gasteiger partial charge on any atom is 0.352 e. The van der Waals surface area contributed by atoms with E-state index in [-0.39, 0.29) is 11.1 Å². The Bertz CT molecular complexity index is 960. The molecule has 1 aromatic heterocycles. The number of carbonyl (C=O) groups excluding carboxylic acids is 2. The van der Waals surface area contributed by atoms with Crippen LogP contribution in [0.2, 0.25) is 0 Å². The molecule has 128 valence electrons. The van der Waals surface area contributed by atoms with Crippen LogP contribution in [0, 0.1) is 0 Å². The summed E-state index contributed by atoms with van der Waals surface area (Å²) in [5, 5.41) is 8.03. The molecule has 25 heavy (non-hydrogen) atoms. The molecule has 1 N–H and O–H groups in total. The van der Waals surface area contributed by atoms with Crippen molar-refractivity contribution in [3.05, 3.63) is 59.1 Å². The summed E-state index contributed by atoms with van der Waals surface area (Å²) in [6.07, 6.45) is 5.32. The fourth-order valence-electron chi connectivity index (χ4n) is 2.79. The van der Waals surface area contributed by atoms with Gasteiger partial charge in [-0.05, 0) is 29.9 Å². The molecule has 1 atom stereocenters. The van der Waals surface area contributed by atoms with Gasteiger partial charge in [-0.2, -0.15) is 0 Å². The van der Waals surface area contributed by atoms with Crippen molar-refractivity contribution < 1.29 is 27.9 Å². The standard InChI is InChI=1S/C16H12N2O6S/c19-7-3-4-10-9-25(23,24)15-12(8-11-5-1-2-6-17-11)14(20)18(15)13(10)16(21)22/h1-8,15H,9H2,(H,21,22)/b4-3+,12-8-/t15-/m1/s1. The second kappa shape index (κ2) is 6.10. The Morgan fingerprint density at radius 2 is 2.12 bits per heavy atom. The lowest BCUT2D eigenvalue weighted by molar-refractivity contribution is -0.141. The SMILES string of the molecule is O=C/C=C/C1=C(C(=O)O)N2C(=O)/C(=C/c3ccccn3)[C@H]2S(=O)(=O)C1. The third-order valence-electron chi connectivity index (χ3n) is 3.78. The lowest BCUT2D eigenvalue weighted by Crippen LogP contribution is -2.62. The summed E-state index contributed by atoms with van der Waals surface area (Å²) in [7, 11) is -3.85. The summed E-state index contributed by atoms with van der Waals surface area (Å²) in [5.41, 5.74) is -0.175. The minimum Gasteiger partial charge on any atom is -0.477 e. The first-order valence-corrected chi connectivity index (χ1v) is 8.84. The van der Waals surface area contributed by atoms with Gasteiger partial charge in [-0.15, -0.1) is 0 Å². The normalized spacial score (nSPS) is 23.5. The summed E-state index contributed by atoms with van der Waals surface area (Å²) in [6, 6.07) is 4.95. The largest absolute Gasteiger partial charge is 0.477 e. The number of β-lactam (4-membered cyclic amide) rings is 1. The van der Waals surface area contributed by atoms with E-state index in [1.807, 2.05) is 0 Å². The molecule has 2 aliphatic heterocycles. The monoisotopic (exact) mass is 360 g/mol. The van der Waals surface area contributed by atoms with Crippen molar-refractivity contribution in [3.8, 4) is 0 Å². The van der Waals surface area contributed by atoms with Gasteiger partial charge in [0.1, 0.15) is 12.0 Å². The van der Waals surface area contributed by atoms with Crippen LogP contribution < -0.4 is 0 Å². The number of allylic oxidation sites excluding steroid dienone is 2. The van der Waals surface area contributed by atoms with Crippen LogP contribution in [0.5, 0.6) is 0 Å². The molecule has 3 heterocycles. The third kappa shape index (κ3) is 2.78. The van der Waals surface area contributed by atoms with Crippen molar-refractivity contribution in [1.29, 1.82) is 0 Å². The van der Waals surface area contributed by atoms with Gasteiger partial charge < -0.3 is 5.11 Å². The Morgan fingerprint density at radius 3 is 2.72 bits per heavy atom. The Hall–Kier alpha value is -3.07. The fourth-order valence-corrected chi connectivity index (χ4v) is 4.69. The zero-order valence-corrected chi connectivity index (χ0v) is 13.5. The van der Waals surface area contributed by atoms with E-state index in [1.54, 1.807) is 18.2 Å². The van der Waals surface area contributed by atoms with E-state index in [2.05, 4.69) is 4.98 Å². The van der Waals surface area contributed by atoms with E-state index in [9.17, 15) is 27.9 Å². The van der Waals surface area contributed by atoms with Crippen molar-refractivity contribution in [2.75, 3.05) is 5.75 Å². The summed E-state index contributed by atoms with van der Waals surface area (Å²) in [5.74, 6) is -2.73. The number of aliphatic carboxylic acids is 1. The van der Waals surface area contributed by atoms with E-state index in [1.165, 1.54) is 12.3 Å². The number of amides is 1. The molecule has 3 rings (SSSR count). The van der Waals surface area contributed by atoms with Crippen LogP contribution in [0.15, 0.2) is 53.4 Å². The molecule has 1 amide bonds. The van der Waals surface area contributed by atoms with E-state index in [4.69, 9.17) is 0 Å². The van der Waals surface area contributed by atoms with Gasteiger partial charge in [-0.25, -0.2) is 13.2 Å². The van der Waals surface area contributed by atoms with Crippen molar-refractivity contribution in [1.82, 2.24) is 9.88 Å². The number of pyridine rings is 1. The molecule has 9 heteroatoms. The Kier molecular flexibility index (Phi) is 4.09. The Balaban J connectivity index is 2.11. The molecule has 1 saturated heterocycles. The summed E-state index contributed by atoms with van der Waals surface area (Å²) in [4.78, 5) is 39.1. The maximum atomic E-state index is 12.5. The highest BCUT2D eigenvalue weighted by molar-refractivity contribution is 7.92. The quantitative estimate of drug-likeness (QED) is 0.461. The Labute approximate surface area is 142 Å². The number of nitrogens with zero attached hydrogens (tertiary/aromatic N) is 2. The van der Waals surface area contributed by atoms with Crippen LogP contribution in [0.1, 0.15) is 5.69 Å². The first kappa shape index (κ1) is 16.8. The van der Waals surface area contributed by atoms with E-state index in [0.717, 1.165) is 17.1 Å². The van der Waals surface area contributed by atoms with Gasteiger partial charge >= 0.3 is 5.97 Å². The number of carbonyl (C=O) groups is 3. The van der Waals surface area contributed by atoms with Crippen LogP contribution >= 0.6 is 0 Å². The lowest BCUT2D eigenvalue weighted by atomic mass is 10.0. The van der Waals surface area contributed by atoms with Gasteiger partial charge in [-0.3, -0.25) is 19.5 Å². The van der Waals surface area contributed by atoms with Gasteiger partial charge in [0.2, 0.25) is 0 Å². The molecule has 0 unspecified atom stereocenters. The van der Waals surface area contributed by atoms with Crippen LogP contribution in [0.4, 0.5) is 0 Å². The maximum absolute atomic E-state index is 12.5. The molecule has 1 fully saturated rings. The topological polar surface area (TPSA) is 122 Å². The molecule has 0 aromatic carbocycles. The minimum absolute atomic E-state index is 0.0316. The molecule has 0 bridgehead atoms. The van der Waals surface area contributed by atoms with Crippen molar-refractivity contribution in [2.45, 2.75) is 5.37 Å². The highest BCUT2D eigenvalue weighted by Crippen LogP contribution is 2.40. The van der Waals surface area contributed by atoms with E-state index < -0.39 is 38.5 Å². The molecule has 1 aromatic rings. The van der Waals surface area contributed by atoms with E-state index >= 15 is 0 Å². The van der Waals surface area contributed by atoms with Crippen molar-refractivity contribution >= 4 is 34.1 Å². The highest BCUT2D eigenvalue weighted by Gasteiger charge is 2.56. The molecule has 0 saturated carbocycles. The van der Waals surface area contributed by atoms with Gasteiger partial charge in [0.05, 0.1) is 17.0 Å². The first-order chi connectivity index (χ1) is 11.9. The number of aldehydes is 1. The van der Waals surface area contributed by atoms with Crippen LogP contribution in [0.3, 0.4) is 0 Å². The average molecular weight is 360 g/mol. The number of fused-ring (bicyclic) bond motifs is 1. The fraction of sp³-hybridized carbons (Fsp3) is 0.125. The van der Waals surface area contributed by atoms with Crippen LogP contribution in [-0.4, -0.2) is 52.7 Å². The minimum atomic E-state index is -3.85. The number of sulfone groups is 1. The number of aromatic nitrogens is 1. The number of rotatable bonds is 4. The molecule has 8 nitrogen and oxygen atoms in total. The van der Waals surface area contributed by atoms with Crippen LogP contribution in [0.25, 0.3) is 6.08 Å². The van der Waals surface area contributed by atoms with E-state index in [0.29, 0.717) is 12.0 Å². The summed E-state index contributed by atoms with van der Waals surface area (Å²) >= 11 is 0. The number of carboxylic acid groups (broad SMARTS) is 1. The lowest BCUT2D eigenvalue weighted by Gasteiger charge is -2.45. The molecule has 0 aliphatic carbocycles. The van der Waals surface area contributed by atoms with Crippen molar-refractivity contribution in [2.24, 2.45) is 0 Å². The Morgan fingerprint density at radius 1 is 1.36 bits per heavy atom.